The van der Waals surface area contributed by atoms with E-state index in [1.54, 1.807) is 0 Å². The van der Waals surface area contributed by atoms with Gasteiger partial charge in [0, 0.05) is 35.6 Å². The van der Waals surface area contributed by atoms with Gasteiger partial charge in [0.15, 0.2) is 0 Å². The standard InChI is InChI=1S/CO2.La/c2-1-3;. The van der Waals surface area contributed by atoms with E-state index in [-0.39, 0.29) is 41.8 Å². The minimum atomic E-state index is 0. The van der Waals surface area contributed by atoms with E-state index in [0.29, 0.717) is 0 Å². The van der Waals surface area contributed by atoms with Gasteiger partial charge in [0.05, 0.1) is 0 Å². The van der Waals surface area contributed by atoms with Crippen molar-refractivity contribution in [1.82, 2.24) is 0 Å². The van der Waals surface area contributed by atoms with Gasteiger partial charge in [-0.2, -0.15) is 9.59 Å². The second-order valence-electron chi connectivity index (χ2n) is 0.0833. The molecule has 1 radical (unpaired) electrons. The Morgan fingerprint density at radius 1 is 1.25 bits per heavy atom. The van der Waals surface area contributed by atoms with Crippen LogP contribution >= 0.6 is 0 Å². The molecule has 0 aliphatic rings. The van der Waals surface area contributed by atoms with Crippen LogP contribution in [0, 0.1) is 35.6 Å². The van der Waals surface area contributed by atoms with Crippen molar-refractivity contribution in [2.45, 2.75) is 0 Å². The van der Waals surface area contributed by atoms with Gasteiger partial charge in [-0.15, -0.1) is 0 Å². The summed E-state index contributed by atoms with van der Waals surface area (Å²) in [5.74, 6) is 0. The molecule has 0 spiro atoms. The topological polar surface area (TPSA) is 34.1 Å². The van der Waals surface area contributed by atoms with Crippen LogP contribution in [0.1, 0.15) is 0 Å². The van der Waals surface area contributed by atoms with E-state index >= 15 is 0 Å². The van der Waals surface area contributed by atoms with Crippen LogP contribution in [0.4, 0.5) is 0 Å². The van der Waals surface area contributed by atoms with Crippen molar-refractivity contribution in [2.75, 3.05) is 0 Å². The fourth-order valence-electron chi connectivity index (χ4n) is 0. The van der Waals surface area contributed by atoms with Gasteiger partial charge in [-0.1, -0.05) is 0 Å². The molecule has 19 valence electrons. The van der Waals surface area contributed by atoms with E-state index in [1.807, 2.05) is 0 Å². The first-order chi connectivity index (χ1) is 1.41. The van der Waals surface area contributed by atoms with Gasteiger partial charge < -0.3 is 0 Å². The fraction of sp³-hybridized carbons (Fsp3) is 0. The van der Waals surface area contributed by atoms with E-state index in [0.717, 1.165) is 0 Å². The summed E-state index contributed by atoms with van der Waals surface area (Å²) < 4.78 is 0. The summed E-state index contributed by atoms with van der Waals surface area (Å²) in [6.45, 7) is 0. The van der Waals surface area contributed by atoms with Crippen molar-refractivity contribution in [3.63, 3.8) is 0 Å². The van der Waals surface area contributed by atoms with Crippen LogP contribution in [0.3, 0.4) is 0 Å². The maximum Gasteiger partial charge on any atom is 0.373 e. The van der Waals surface area contributed by atoms with Crippen molar-refractivity contribution in [1.29, 1.82) is 0 Å². The molecule has 0 aliphatic heterocycles. The van der Waals surface area contributed by atoms with Crippen LogP contribution in [0.15, 0.2) is 0 Å². The molecule has 0 heterocycles. The summed E-state index contributed by atoms with van der Waals surface area (Å²) in [5.41, 5.74) is 0. The molecule has 0 amide bonds. The molecule has 0 rings (SSSR count). The van der Waals surface area contributed by atoms with E-state index in [9.17, 15) is 0 Å². The first-order valence-electron chi connectivity index (χ1n) is 0.408. The molecule has 0 unspecified atom stereocenters. The minimum Gasteiger partial charge on any atom is -0.186 e. The predicted molar refractivity (Wildman–Crippen MR) is 5.01 cm³/mol. The second kappa shape index (κ2) is 9.56. The quantitative estimate of drug-likeness (QED) is 0.503. The third-order valence-corrected chi connectivity index (χ3v) is 0. The number of carbonyl (C=O) groups excluding carboxylic acids is 2. The van der Waals surface area contributed by atoms with Gasteiger partial charge >= 0.3 is 6.15 Å². The molecule has 0 aliphatic carbocycles. The van der Waals surface area contributed by atoms with Crippen molar-refractivity contribution in [3.05, 3.63) is 0 Å². The Balaban J connectivity index is 0. The maximum absolute atomic E-state index is 8.12. The van der Waals surface area contributed by atoms with Crippen molar-refractivity contribution < 1.29 is 45.2 Å². The van der Waals surface area contributed by atoms with Gasteiger partial charge in [-0.25, -0.2) is 0 Å². The normalized spacial score (nSPS) is 2.00. The third kappa shape index (κ3) is 19.3. The SMILES string of the molecule is O=C=O.[La]. The Bertz CT molecular complexity index is 27.0. The number of hydrogen-bond acceptors (Lipinski definition) is 2. The molecule has 0 aromatic carbocycles. The van der Waals surface area contributed by atoms with Crippen LogP contribution in [-0.2, 0) is 9.59 Å². The van der Waals surface area contributed by atoms with E-state index in [1.165, 1.54) is 0 Å². The molecule has 0 aromatic rings. The van der Waals surface area contributed by atoms with E-state index in [2.05, 4.69) is 0 Å². The molecule has 2 nitrogen and oxygen atoms in total. The smallest absolute Gasteiger partial charge is 0.186 e. The van der Waals surface area contributed by atoms with Gasteiger partial charge in [-0.05, 0) is 0 Å². The number of hydrogen-bond donors (Lipinski definition) is 0. The summed E-state index contributed by atoms with van der Waals surface area (Å²) in [4.78, 5) is 16.2. The zero-order chi connectivity index (χ0) is 2.71. The molecule has 3 heteroatoms. The molecule has 0 aromatic heterocycles. The van der Waals surface area contributed by atoms with Crippen LogP contribution in [0.2, 0.25) is 0 Å². The Hall–Kier alpha value is 0.575. The summed E-state index contributed by atoms with van der Waals surface area (Å²) >= 11 is 0. The first-order valence-corrected chi connectivity index (χ1v) is 0.408. The second-order valence-corrected chi connectivity index (χ2v) is 0.0833. The molecule has 0 saturated heterocycles. The van der Waals surface area contributed by atoms with Crippen LogP contribution in [-0.4, -0.2) is 6.15 Å². The molecule has 0 bridgehead atoms. The number of rotatable bonds is 0. The summed E-state index contributed by atoms with van der Waals surface area (Å²) in [6, 6.07) is 0. The molecule has 0 fully saturated rings. The average Bonchev–Trinajstić information content (AvgIpc) is 0.918. The summed E-state index contributed by atoms with van der Waals surface area (Å²) in [5, 5.41) is 0. The first kappa shape index (κ1) is 8.82. The van der Waals surface area contributed by atoms with E-state index < -0.39 is 0 Å². The minimum absolute atomic E-state index is 0. The van der Waals surface area contributed by atoms with Crippen molar-refractivity contribution >= 4 is 6.15 Å². The van der Waals surface area contributed by atoms with Gasteiger partial charge in [-0.3, -0.25) is 0 Å². The van der Waals surface area contributed by atoms with E-state index in [4.69, 9.17) is 9.59 Å². The van der Waals surface area contributed by atoms with Crippen LogP contribution < -0.4 is 0 Å². The summed E-state index contributed by atoms with van der Waals surface area (Å²) in [6.07, 6.45) is 0.250. The zero-order valence-electron chi connectivity index (χ0n) is 1.89. The van der Waals surface area contributed by atoms with Crippen molar-refractivity contribution in [3.8, 4) is 0 Å². The molecule has 0 saturated carbocycles. The largest absolute Gasteiger partial charge is 0.373 e. The molecular formula is CLaO2. The molecule has 0 atom stereocenters. The molecule has 4 heavy (non-hydrogen) atoms. The van der Waals surface area contributed by atoms with Gasteiger partial charge in [0.1, 0.15) is 0 Å². The maximum atomic E-state index is 8.12. The fourth-order valence-corrected chi connectivity index (χ4v) is 0. The van der Waals surface area contributed by atoms with Gasteiger partial charge in [0.25, 0.3) is 0 Å². The Morgan fingerprint density at radius 2 is 1.25 bits per heavy atom. The van der Waals surface area contributed by atoms with Crippen LogP contribution in [0.5, 0.6) is 0 Å². The van der Waals surface area contributed by atoms with Crippen molar-refractivity contribution in [2.24, 2.45) is 0 Å². The molecular weight excluding hydrogens is 183 g/mol. The molecule has 0 N–H and O–H groups in total. The average molecular weight is 183 g/mol. The monoisotopic (exact) mass is 183 g/mol. The third-order valence-electron chi connectivity index (χ3n) is 0. The van der Waals surface area contributed by atoms with Gasteiger partial charge in [0.2, 0.25) is 0 Å². The Morgan fingerprint density at radius 3 is 1.25 bits per heavy atom. The zero-order valence-corrected chi connectivity index (χ0v) is 5.52. The Labute approximate surface area is 51.2 Å². The van der Waals surface area contributed by atoms with Crippen LogP contribution in [0.25, 0.3) is 0 Å². The Kier molecular flexibility index (Phi) is 21.1. The summed E-state index contributed by atoms with van der Waals surface area (Å²) in [7, 11) is 0. The predicted octanol–water partition coefficient (Wildman–Crippen LogP) is -0.584.